The van der Waals surface area contributed by atoms with Crippen molar-refractivity contribution in [1.29, 1.82) is 0 Å². The van der Waals surface area contributed by atoms with Crippen molar-refractivity contribution in [2.45, 2.75) is 39.8 Å². The van der Waals surface area contributed by atoms with Crippen LogP contribution in [0.1, 0.15) is 33.3 Å². The molecule has 1 aromatic carbocycles. The van der Waals surface area contributed by atoms with Crippen LogP contribution in [-0.4, -0.2) is 31.2 Å². The summed E-state index contributed by atoms with van der Waals surface area (Å²) in [7, 11) is 0. The van der Waals surface area contributed by atoms with Crippen molar-refractivity contribution >= 4 is 29.9 Å². The van der Waals surface area contributed by atoms with Gasteiger partial charge in [0.25, 0.3) is 0 Å². The van der Waals surface area contributed by atoms with E-state index in [1.54, 1.807) is 0 Å². The fraction of sp³-hybridized carbons (Fsp3) is 0.562. The van der Waals surface area contributed by atoms with Crippen molar-refractivity contribution in [3.8, 4) is 0 Å². The molecule has 2 N–H and O–H groups in total. The smallest absolute Gasteiger partial charge is 0.191 e. The summed E-state index contributed by atoms with van der Waals surface area (Å²) in [5.41, 5.74) is 1.20. The number of hydrogen-bond donors (Lipinski definition) is 2. The standard InChI is InChI=1S/C16H27N3O.HI/c1-5-17-15(19-16(2,3)4)18-11-12-20-13-14-9-7-6-8-10-14;/h6-10H,5,11-13H2,1-4H3,(H2,17,18,19);1H. The molecule has 0 atom stereocenters. The highest BCUT2D eigenvalue weighted by Gasteiger charge is 2.11. The first-order chi connectivity index (χ1) is 9.51. The maximum absolute atomic E-state index is 5.62. The summed E-state index contributed by atoms with van der Waals surface area (Å²) in [6.45, 7) is 11.2. The van der Waals surface area contributed by atoms with E-state index in [0.29, 0.717) is 19.8 Å². The quantitative estimate of drug-likeness (QED) is 0.331. The fourth-order valence-corrected chi connectivity index (χ4v) is 1.65. The summed E-state index contributed by atoms with van der Waals surface area (Å²) >= 11 is 0. The second kappa shape index (κ2) is 10.8. The van der Waals surface area contributed by atoms with Gasteiger partial charge in [-0.1, -0.05) is 30.3 Å². The zero-order valence-corrected chi connectivity index (χ0v) is 15.8. The predicted octanol–water partition coefficient (Wildman–Crippen LogP) is 3.17. The van der Waals surface area contributed by atoms with Crippen LogP contribution in [0.3, 0.4) is 0 Å². The molecule has 21 heavy (non-hydrogen) atoms. The van der Waals surface area contributed by atoms with Crippen LogP contribution in [-0.2, 0) is 11.3 Å². The first-order valence-electron chi connectivity index (χ1n) is 7.19. The van der Waals surface area contributed by atoms with Gasteiger partial charge in [-0.3, -0.25) is 4.99 Å². The van der Waals surface area contributed by atoms with E-state index in [-0.39, 0.29) is 29.5 Å². The Morgan fingerprint density at radius 1 is 1.19 bits per heavy atom. The van der Waals surface area contributed by atoms with Crippen LogP contribution < -0.4 is 10.6 Å². The second-order valence-corrected chi connectivity index (χ2v) is 5.67. The molecular formula is C16H28IN3O. The lowest BCUT2D eigenvalue weighted by Gasteiger charge is -2.23. The molecule has 5 heteroatoms. The number of rotatable bonds is 6. The van der Waals surface area contributed by atoms with Crippen molar-refractivity contribution in [3.05, 3.63) is 35.9 Å². The summed E-state index contributed by atoms with van der Waals surface area (Å²) in [4.78, 5) is 4.50. The Labute approximate surface area is 145 Å². The topological polar surface area (TPSA) is 45.7 Å². The number of hydrogen-bond acceptors (Lipinski definition) is 2. The van der Waals surface area contributed by atoms with Crippen LogP contribution >= 0.6 is 24.0 Å². The lowest BCUT2D eigenvalue weighted by atomic mass is 10.1. The monoisotopic (exact) mass is 405 g/mol. The van der Waals surface area contributed by atoms with Crippen molar-refractivity contribution in [1.82, 2.24) is 10.6 Å². The van der Waals surface area contributed by atoms with E-state index in [2.05, 4.69) is 55.5 Å². The van der Waals surface area contributed by atoms with Crippen LogP contribution in [0.4, 0.5) is 0 Å². The Hall–Kier alpha value is -0.820. The number of nitrogens with zero attached hydrogens (tertiary/aromatic N) is 1. The predicted molar refractivity (Wildman–Crippen MR) is 100 cm³/mol. The third-order valence-electron chi connectivity index (χ3n) is 2.45. The number of nitrogens with one attached hydrogen (secondary N) is 2. The molecule has 0 fully saturated rings. The fourth-order valence-electron chi connectivity index (χ4n) is 1.65. The zero-order valence-electron chi connectivity index (χ0n) is 13.5. The SMILES string of the molecule is CCNC(=NCCOCc1ccccc1)NC(C)(C)C.I. The molecule has 0 amide bonds. The Morgan fingerprint density at radius 3 is 2.43 bits per heavy atom. The number of benzene rings is 1. The van der Waals surface area contributed by atoms with Gasteiger partial charge in [0.15, 0.2) is 5.96 Å². The van der Waals surface area contributed by atoms with Gasteiger partial charge >= 0.3 is 0 Å². The molecule has 4 nitrogen and oxygen atoms in total. The highest BCUT2D eigenvalue weighted by molar-refractivity contribution is 14.0. The zero-order chi connectivity index (χ0) is 14.8. The maximum Gasteiger partial charge on any atom is 0.191 e. The summed E-state index contributed by atoms with van der Waals surface area (Å²) in [5, 5.41) is 6.58. The van der Waals surface area contributed by atoms with Crippen LogP contribution in [0.25, 0.3) is 0 Å². The summed E-state index contributed by atoms with van der Waals surface area (Å²) < 4.78 is 5.62. The molecule has 0 aliphatic carbocycles. The lowest BCUT2D eigenvalue weighted by Crippen LogP contribution is -2.47. The normalized spacial score (nSPS) is 11.7. The van der Waals surface area contributed by atoms with Gasteiger partial charge in [-0.25, -0.2) is 0 Å². The van der Waals surface area contributed by atoms with Crippen molar-refractivity contribution in [3.63, 3.8) is 0 Å². The number of ether oxygens (including phenoxy) is 1. The molecule has 0 aliphatic rings. The van der Waals surface area contributed by atoms with Gasteiger partial charge in [-0.15, -0.1) is 24.0 Å². The minimum atomic E-state index is 0. The Balaban J connectivity index is 0.00000400. The first-order valence-corrected chi connectivity index (χ1v) is 7.19. The molecule has 0 aliphatic heterocycles. The first kappa shape index (κ1) is 20.2. The van der Waals surface area contributed by atoms with E-state index >= 15 is 0 Å². The van der Waals surface area contributed by atoms with Gasteiger partial charge < -0.3 is 15.4 Å². The van der Waals surface area contributed by atoms with E-state index in [4.69, 9.17) is 4.74 Å². The molecule has 0 unspecified atom stereocenters. The number of guanidine groups is 1. The molecule has 0 heterocycles. The molecule has 0 aromatic heterocycles. The van der Waals surface area contributed by atoms with Gasteiger partial charge in [0.2, 0.25) is 0 Å². The maximum atomic E-state index is 5.62. The average Bonchev–Trinajstić information content (AvgIpc) is 2.38. The van der Waals surface area contributed by atoms with E-state index in [9.17, 15) is 0 Å². The largest absolute Gasteiger partial charge is 0.375 e. The second-order valence-electron chi connectivity index (χ2n) is 5.67. The van der Waals surface area contributed by atoms with Crippen LogP contribution in [0.5, 0.6) is 0 Å². The van der Waals surface area contributed by atoms with E-state index < -0.39 is 0 Å². The van der Waals surface area contributed by atoms with E-state index in [1.165, 1.54) is 5.56 Å². The van der Waals surface area contributed by atoms with E-state index in [0.717, 1.165) is 12.5 Å². The van der Waals surface area contributed by atoms with Crippen molar-refractivity contribution in [2.24, 2.45) is 4.99 Å². The lowest BCUT2D eigenvalue weighted by molar-refractivity contribution is 0.128. The third-order valence-corrected chi connectivity index (χ3v) is 2.45. The van der Waals surface area contributed by atoms with Crippen molar-refractivity contribution in [2.75, 3.05) is 19.7 Å². The third kappa shape index (κ3) is 10.5. The number of halogens is 1. The van der Waals surface area contributed by atoms with Crippen LogP contribution in [0.2, 0.25) is 0 Å². The average molecular weight is 405 g/mol. The van der Waals surface area contributed by atoms with E-state index in [1.807, 2.05) is 18.2 Å². The summed E-state index contributed by atoms with van der Waals surface area (Å²) in [6.07, 6.45) is 0. The van der Waals surface area contributed by atoms with Gasteiger partial charge in [-0.05, 0) is 33.3 Å². The molecule has 0 radical (unpaired) electrons. The van der Waals surface area contributed by atoms with Gasteiger partial charge in [0.1, 0.15) is 0 Å². The van der Waals surface area contributed by atoms with Gasteiger partial charge in [-0.2, -0.15) is 0 Å². The molecule has 0 bridgehead atoms. The minimum Gasteiger partial charge on any atom is -0.375 e. The summed E-state index contributed by atoms with van der Waals surface area (Å²) in [5.74, 6) is 0.836. The van der Waals surface area contributed by atoms with Crippen molar-refractivity contribution < 1.29 is 4.74 Å². The molecular weight excluding hydrogens is 377 g/mol. The molecule has 0 saturated heterocycles. The number of aliphatic imine (C=N–C) groups is 1. The molecule has 0 spiro atoms. The van der Waals surface area contributed by atoms with Gasteiger partial charge in [0, 0.05) is 12.1 Å². The Kier molecular flexibility index (Phi) is 10.4. The summed E-state index contributed by atoms with van der Waals surface area (Å²) in [6, 6.07) is 10.2. The van der Waals surface area contributed by atoms with Crippen LogP contribution in [0, 0.1) is 0 Å². The molecule has 1 aromatic rings. The Bertz CT molecular complexity index is 402. The molecule has 120 valence electrons. The highest BCUT2D eigenvalue weighted by atomic mass is 127. The minimum absolute atomic E-state index is 0. The highest BCUT2D eigenvalue weighted by Crippen LogP contribution is 2.00. The Morgan fingerprint density at radius 2 is 1.86 bits per heavy atom. The molecule has 1 rings (SSSR count). The van der Waals surface area contributed by atoms with Gasteiger partial charge in [0.05, 0.1) is 19.8 Å². The molecule has 0 saturated carbocycles. The van der Waals surface area contributed by atoms with Crippen LogP contribution in [0.15, 0.2) is 35.3 Å².